The van der Waals surface area contributed by atoms with Gasteiger partial charge in [0.1, 0.15) is 0 Å². The minimum absolute atomic E-state index is 0.796. The van der Waals surface area contributed by atoms with E-state index in [1.165, 1.54) is 0 Å². The first-order valence-corrected chi connectivity index (χ1v) is 2.58. The zero-order valence-electron chi connectivity index (χ0n) is 5.75. The molecule has 0 aromatic rings. The molecule has 0 aromatic carbocycles. The molecule has 1 atom stereocenters. The van der Waals surface area contributed by atoms with E-state index < -0.39 is 17.7 Å². The molecule has 0 bridgehead atoms. The van der Waals surface area contributed by atoms with Gasteiger partial charge in [-0.3, -0.25) is 10.5 Å². The van der Waals surface area contributed by atoms with Crippen LogP contribution in [0.2, 0.25) is 0 Å². The summed E-state index contributed by atoms with van der Waals surface area (Å²) in [6, 6.07) is 0. The monoisotopic (exact) mass is 147 g/mol. The van der Waals surface area contributed by atoms with Crippen molar-refractivity contribution in [3.8, 4) is 0 Å². The largest absolute Gasteiger partial charge is 0.390 e. The van der Waals surface area contributed by atoms with Crippen LogP contribution in [-0.2, 0) is 14.3 Å². The highest BCUT2D eigenvalue weighted by molar-refractivity contribution is 5.88. The summed E-state index contributed by atoms with van der Waals surface area (Å²) >= 11 is 0. The zero-order valence-corrected chi connectivity index (χ0v) is 5.75. The van der Waals surface area contributed by atoms with Gasteiger partial charge in [0.2, 0.25) is 5.72 Å². The number of ether oxygens (including phenoxy) is 1. The van der Waals surface area contributed by atoms with E-state index in [1.54, 1.807) is 0 Å². The SMILES string of the molecule is CC(=O)OC(=O)C(C)(N)O. The molecule has 0 fully saturated rings. The topological polar surface area (TPSA) is 89.6 Å². The Bertz CT molecular complexity index is 158. The lowest BCUT2D eigenvalue weighted by atomic mass is 10.3. The average Bonchev–Trinajstić information content (AvgIpc) is 1.60. The minimum atomic E-state index is -2.09. The van der Waals surface area contributed by atoms with Gasteiger partial charge in [0.05, 0.1) is 0 Å². The van der Waals surface area contributed by atoms with Crippen LogP contribution in [0.15, 0.2) is 0 Å². The number of rotatable bonds is 1. The van der Waals surface area contributed by atoms with Crippen LogP contribution in [-0.4, -0.2) is 22.8 Å². The van der Waals surface area contributed by atoms with Crippen molar-refractivity contribution in [3.05, 3.63) is 0 Å². The second kappa shape index (κ2) is 2.76. The Labute approximate surface area is 57.8 Å². The molecule has 0 aliphatic rings. The first-order valence-electron chi connectivity index (χ1n) is 2.58. The average molecular weight is 147 g/mol. The van der Waals surface area contributed by atoms with Crippen LogP contribution in [0, 0.1) is 0 Å². The molecule has 5 nitrogen and oxygen atoms in total. The summed E-state index contributed by atoms with van der Waals surface area (Å²) in [6.07, 6.45) is 0. The van der Waals surface area contributed by atoms with Crippen LogP contribution in [0.25, 0.3) is 0 Å². The quantitative estimate of drug-likeness (QED) is 0.274. The van der Waals surface area contributed by atoms with Crippen molar-refractivity contribution in [1.29, 1.82) is 0 Å². The fourth-order valence-corrected chi connectivity index (χ4v) is 0.234. The summed E-state index contributed by atoms with van der Waals surface area (Å²) in [6.45, 7) is 2.07. The number of esters is 2. The molecule has 0 spiro atoms. The molecule has 0 radical (unpaired) electrons. The first kappa shape index (κ1) is 9.06. The van der Waals surface area contributed by atoms with E-state index in [-0.39, 0.29) is 0 Å². The van der Waals surface area contributed by atoms with Crippen molar-refractivity contribution in [1.82, 2.24) is 0 Å². The van der Waals surface area contributed by atoms with Gasteiger partial charge in [-0.2, -0.15) is 0 Å². The number of carbonyl (C=O) groups excluding carboxylic acids is 2. The molecule has 0 aliphatic carbocycles. The van der Waals surface area contributed by atoms with E-state index in [0.29, 0.717) is 0 Å². The van der Waals surface area contributed by atoms with Crippen LogP contribution < -0.4 is 5.73 Å². The van der Waals surface area contributed by atoms with Gasteiger partial charge in [-0.1, -0.05) is 0 Å². The molecule has 10 heavy (non-hydrogen) atoms. The van der Waals surface area contributed by atoms with Crippen LogP contribution in [0.1, 0.15) is 13.8 Å². The molecule has 0 rings (SSSR count). The maximum atomic E-state index is 10.5. The van der Waals surface area contributed by atoms with Crippen LogP contribution in [0.4, 0.5) is 0 Å². The highest BCUT2D eigenvalue weighted by Crippen LogP contribution is 1.95. The van der Waals surface area contributed by atoms with Crippen molar-refractivity contribution >= 4 is 11.9 Å². The Morgan fingerprint density at radius 1 is 1.60 bits per heavy atom. The molecular formula is C5H9NO4. The third-order valence-corrected chi connectivity index (χ3v) is 0.650. The highest BCUT2D eigenvalue weighted by Gasteiger charge is 2.27. The summed E-state index contributed by atoms with van der Waals surface area (Å²) in [5.74, 6) is -1.95. The van der Waals surface area contributed by atoms with Gasteiger partial charge in [0.25, 0.3) is 0 Å². The molecule has 1 unspecified atom stereocenters. The van der Waals surface area contributed by atoms with Gasteiger partial charge in [-0.15, -0.1) is 0 Å². The van der Waals surface area contributed by atoms with E-state index in [4.69, 9.17) is 10.8 Å². The van der Waals surface area contributed by atoms with Crippen molar-refractivity contribution < 1.29 is 19.4 Å². The number of nitrogens with two attached hydrogens (primary N) is 1. The lowest BCUT2D eigenvalue weighted by Crippen LogP contribution is -2.46. The fraction of sp³-hybridized carbons (Fsp3) is 0.600. The third kappa shape index (κ3) is 3.16. The van der Waals surface area contributed by atoms with Gasteiger partial charge in [0.15, 0.2) is 0 Å². The first-order chi connectivity index (χ1) is 4.34. The van der Waals surface area contributed by atoms with Gasteiger partial charge in [-0.05, 0) is 6.92 Å². The van der Waals surface area contributed by atoms with Gasteiger partial charge in [-0.25, -0.2) is 4.79 Å². The highest BCUT2D eigenvalue weighted by atomic mass is 16.6. The second-order valence-electron chi connectivity index (χ2n) is 2.03. The summed E-state index contributed by atoms with van der Waals surface area (Å²) < 4.78 is 3.96. The Morgan fingerprint density at radius 3 is 2.10 bits per heavy atom. The molecular weight excluding hydrogens is 138 g/mol. The van der Waals surface area contributed by atoms with Crippen LogP contribution in [0.3, 0.4) is 0 Å². The maximum Gasteiger partial charge on any atom is 0.360 e. The third-order valence-electron chi connectivity index (χ3n) is 0.650. The molecule has 0 saturated carbocycles. The van der Waals surface area contributed by atoms with Crippen molar-refractivity contribution in [3.63, 3.8) is 0 Å². The summed E-state index contributed by atoms with van der Waals surface area (Å²) in [7, 11) is 0. The molecule has 3 N–H and O–H groups in total. The van der Waals surface area contributed by atoms with Crippen LogP contribution >= 0.6 is 0 Å². The maximum absolute atomic E-state index is 10.5. The molecule has 58 valence electrons. The lowest BCUT2D eigenvalue weighted by molar-refractivity contribution is -0.171. The molecule has 0 amide bonds. The number of hydrogen-bond acceptors (Lipinski definition) is 5. The van der Waals surface area contributed by atoms with Crippen molar-refractivity contribution in [2.24, 2.45) is 5.73 Å². The lowest BCUT2D eigenvalue weighted by Gasteiger charge is -2.12. The molecule has 0 aliphatic heterocycles. The van der Waals surface area contributed by atoms with E-state index in [0.717, 1.165) is 13.8 Å². The summed E-state index contributed by atoms with van der Waals surface area (Å²) in [5.41, 5.74) is 2.76. The summed E-state index contributed by atoms with van der Waals surface area (Å²) in [4.78, 5) is 20.5. The normalized spacial score (nSPS) is 15.6. The molecule has 0 saturated heterocycles. The Balaban J connectivity index is 3.99. The molecule has 0 aromatic heterocycles. The van der Waals surface area contributed by atoms with Gasteiger partial charge >= 0.3 is 11.9 Å². The van der Waals surface area contributed by atoms with Crippen molar-refractivity contribution in [2.45, 2.75) is 19.6 Å². The smallest absolute Gasteiger partial charge is 0.360 e. The number of carbonyl (C=O) groups is 2. The Hall–Kier alpha value is -0.940. The number of hydrogen-bond donors (Lipinski definition) is 2. The van der Waals surface area contributed by atoms with Gasteiger partial charge < -0.3 is 9.84 Å². The standard InChI is InChI=1S/C5H9NO4/c1-3(7)10-4(8)5(2,6)9/h9H,6H2,1-2H3. The Morgan fingerprint density at radius 2 is 2.00 bits per heavy atom. The Kier molecular flexibility index (Phi) is 2.50. The van der Waals surface area contributed by atoms with E-state index in [9.17, 15) is 9.59 Å². The number of aliphatic hydroxyl groups is 1. The van der Waals surface area contributed by atoms with Gasteiger partial charge in [0, 0.05) is 6.92 Å². The molecule has 0 heterocycles. The molecule has 5 heteroatoms. The van der Waals surface area contributed by atoms with E-state index >= 15 is 0 Å². The second-order valence-corrected chi connectivity index (χ2v) is 2.03. The fourth-order valence-electron chi connectivity index (χ4n) is 0.234. The van der Waals surface area contributed by atoms with Crippen molar-refractivity contribution in [2.75, 3.05) is 0 Å². The minimum Gasteiger partial charge on any atom is -0.390 e. The zero-order chi connectivity index (χ0) is 8.36. The van der Waals surface area contributed by atoms with Crippen LogP contribution in [0.5, 0.6) is 0 Å². The predicted molar refractivity (Wildman–Crippen MR) is 31.6 cm³/mol. The van der Waals surface area contributed by atoms with E-state index in [1.807, 2.05) is 0 Å². The summed E-state index contributed by atoms with van der Waals surface area (Å²) in [5, 5.41) is 8.69. The predicted octanol–water partition coefficient (Wildman–Crippen LogP) is -1.26. The van der Waals surface area contributed by atoms with E-state index in [2.05, 4.69) is 4.74 Å².